The second kappa shape index (κ2) is 8.85. The van der Waals surface area contributed by atoms with Crippen LogP contribution in [-0.2, 0) is 26.1 Å². The van der Waals surface area contributed by atoms with Gasteiger partial charge in [-0.05, 0) is 38.1 Å². The molecule has 0 bridgehead atoms. The summed E-state index contributed by atoms with van der Waals surface area (Å²) in [5, 5.41) is 7.72. The Kier molecular flexibility index (Phi) is 6.28. The first kappa shape index (κ1) is 18.5. The van der Waals surface area contributed by atoms with Crippen molar-refractivity contribution in [2.24, 2.45) is 0 Å². The van der Waals surface area contributed by atoms with Crippen molar-refractivity contribution in [3.8, 4) is 0 Å². The number of carbonyl (C=O) groups is 1. The Morgan fingerprint density at radius 2 is 2.08 bits per heavy atom. The maximum atomic E-state index is 12.4. The fourth-order valence-electron chi connectivity index (χ4n) is 3.38. The van der Waals surface area contributed by atoms with Gasteiger partial charge in [0.1, 0.15) is 0 Å². The molecule has 1 aliphatic heterocycles. The van der Waals surface area contributed by atoms with E-state index in [0.717, 1.165) is 43.9 Å². The second-order valence-corrected chi connectivity index (χ2v) is 6.98. The maximum absolute atomic E-state index is 12.4. The molecular formula is C20H29N5O. The van der Waals surface area contributed by atoms with Crippen molar-refractivity contribution in [3.63, 3.8) is 0 Å². The monoisotopic (exact) mass is 355 g/mol. The predicted octanol–water partition coefficient (Wildman–Crippen LogP) is 2.49. The lowest BCUT2D eigenvalue weighted by Gasteiger charge is -2.27. The van der Waals surface area contributed by atoms with E-state index in [1.54, 1.807) is 0 Å². The first-order valence-electron chi connectivity index (χ1n) is 9.46. The molecule has 6 nitrogen and oxygen atoms in total. The summed E-state index contributed by atoms with van der Waals surface area (Å²) < 4.78 is 2.04. The lowest BCUT2D eigenvalue weighted by molar-refractivity contribution is 0.181. The molecule has 1 N–H and O–H groups in total. The van der Waals surface area contributed by atoms with Crippen LogP contribution in [0.2, 0.25) is 0 Å². The highest BCUT2D eigenvalue weighted by molar-refractivity contribution is 5.74. The van der Waals surface area contributed by atoms with Crippen LogP contribution in [0.5, 0.6) is 0 Å². The molecule has 1 aliphatic rings. The number of nitrogens with one attached hydrogen (secondary N) is 1. The summed E-state index contributed by atoms with van der Waals surface area (Å²) in [6, 6.07) is 12.4. The van der Waals surface area contributed by atoms with Gasteiger partial charge in [-0.25, -0.2) is 4.79 Å². The third-order valence-electron chi connectivity index (χ3n) is 4.71. The molecule has 6 heteroatoms. The van der Waals surface area contributed by atoms with Gasteiger partial charge < -0.3 is 15.1 Å². The van der Waals surface area contributed by atoms with Gasteiger partial charge in [0.15, 0.2) is 0 Å². The van der Waals surface area contributed by atoms with Crippen molar-refractivity contribution in [3.05, 3.63) is 53.3 Å². The summed E-state index contributed by atoms with van der Waals surface area (Å²) in [4.78, 5) is 16.6. The van der Waals surface area contributed by atoms with Crippen molar-refractivity contribution >= 4 is 6.03 Å². The van der Waals surface area contributed by atoms with Crippen LogP contribution >= 0.6 is 0 Å². The quantitative estimate of drug-likeness (QED) is 0.830. The minimum Gasteiger partial charge on any atom is -0.338 e. The number of benzene rings is 1. The van der Waals surface area contributed by atoms with Crippen LogP contribution < -0.4 is 5.32 Å². The smallest absolute Gasteiger partial charge is 0.317 e. The van der Waals surface area contributed by atoms with E-state index >= 15 is 0 Å². The first-order valence-corrected chi connectivity index (χ1v) is 9.46. The van der Waals surface area contributed by atoms with Crippen molar-refractivity contribution in [1.82, 2.24) is 24.9 Å². The highest BCUT2D eigenvalue weighted by Crippen LogP contribution is 2.15. The summed E-state index contributed by atoms with van der Waals surface area (Å²) in [5.41, 5.74) is 3.45. The first-order chi connectivity index (χ1) is 12.7. The van der Waals surface area contributed by atoms with E-state index in [2.05, 4.69) is 47.5 Å². The minimum atomic E-state index is 0.0121. The molecule has 26 heavy (non-hydrogen) atoms. The molecule has 2 heterocycles. The zero-order valence-corrected chi connectivity index (χ0v) is 15.8. The van der Waals surface area contributed by atoms with E-state index in [0.29, 0.717) is 19.6 Å². The zero-order valence-electron chi connectivity index (χ0n) is 15.8. The third-order valence-corrected chi connectivity index (χ3v) is 4.71. The molecule has 0 aliphatic carbocycles. The fraction of sp³-hybridized carbons (Fsp3) is 0.500. The van der Waals surface area contributed by atoms with Crippen LogP contribution in [0.25, 0.3) is 0 Å². The maximum Gasteiger partial charge on any atom is 0.317 e. The van der Waals surface area contributed by atoms with E-state index in [1.165, 1.54) is 5.56 Å². The predicted molar refractivity (Wildman–Crippen MR) is 103 cm³/mol. The van der Waals surface area contributed by atoms with Crippen LogP contribution in [0.15, 0.2) is 36.4 Å². The van der Waals surface area contributed by atoms with E-state index in [9.17, 15) is 4.79 Å². The number of carbonyl (C=O) groups excluding carboxylic acids is 1. The number of hydrogen-bond donors (Lipinski definition) is 1. The van der Waals surface area contributed by atoms with Gasteiger partial charge in [-0.1, -0.05) is 37.3 Å². The molecule has 1 aromatic heterocycles. The van der Waals surface area contributed by atoms with E-state index in [1.807, 2.05) is 27.8 Å². The molecule has 0 saturated heterocycles. The van der Waals surface area contributed by atoms with Crippen LogP contribution in [0.3, 0.4) is 0 Å². The van der Waals surface area contributed by atoms with Gasteiger partial charge in [0, 0.05) is 19.6 Å². The van der Waals surface area contributed by atoms with Crippen LogP contribution in [-0.4, -0.2) is 52.3 Å². The topological polar surface area (TPSA) is 53.4 Å². The van der Waals surface area contributed by atoms with Crippen molar-refractivity contribution in [1.29, 1.82) is 0 Å². The van der Waals surface area contributed by atoms with Gasteiger partial charge in [0.25, 0.3) is 0 Å². The molecule has 0 radical (unpaired) electrons. The Hall–Kier alpha value is -2.34. The normalized spacial score (nSPS) is 13.7. The molecule has 0 spiro atoms. The molecule has 0 saturated carbocycles. The Labute approximate surface area is 155 Å². The van der Waals surface area contributed by atoms with Crippen molar-refractivity contribution < 1.29 is 4.79 Å². The standard InChI is InChI=1S/C20H29N5O/c1-3-11-23(2)15-18-14-19-16-24(12-13-25(19)22-18)20(26)21-10-9-17-7-5-4-6-8-17/h4-8,14H,3,9-13,15-16H2,1-2H3,(H,21,26). The van der Waals surface area contributed by atoms with Crippen LogP contribution in [0.4, 0.5) is 4.79 Å². The summed E-state index contributed by atoms with van der Waals surface area (Å²) in [6.07, 6.45) is 1.99. The van der Waals surface area contributed by atoms with E-state index < -0.39 is 0 Å². The molecule has 140 valence electrons. The van der Waals surface area contributed by atoms with Crippen LogP contribution in [0.1, 0.15) is 30.3 Å². The molecule has 3 rings (SSSR count). The molecular weight excluding hydrogens is 326 g/mol. The lowest BCUT2D eigenvalue weighted by Crippen LogP contribution is -2.44. The highest BCUT2D eigenvalue weighted by atomic mass is 16.2. The molecule has 0 unspecified atom stereocenters. The number of rotatable bonds is 7. The second-order valence-electron chi connectivity index (χ2n) is 6.98. The van der Waals surface area contributed by atoms with Gasteiger partial charge >= 0.3 is 6.03 Å². The highest BCUT2D eigenvalue weighted by Gasteiger charge is 2.22. The molecule has 0 fully saturated rings. The third kappa shape index (κ3) is 4.85. The number of fused-ring (bicyclic) bond motifs is 1. The van der Waals surface area contributed by atoms with Crippen molar-refractivity contribution in [2.75, 3.05) is 26.7 Å². The van der Waals surface area contributed by atoms with Gasteiger partial charge in [-0.2, -0.15) is 5.10 Å². The summed E-state index contributed by atoms with van der Waals surface area (Å²) >= 11 is 0. The number of aromatic nitrogens is 2. The number of urea groups is 1. The van der Waals surface area contributed by atoms with Gasteiger partial charge in [0.05, 0.1) is 24.5 Å². The molecule has 2 aromatic rings. The van der Waals surface area contributed by atoms with Gasteiger partial charge in [-0.3, -0.25) is 4.68 Å². The molecule has 0 atom stereocenters. The average molecular weight is 355 g/mol. The molecule has 2 amide bonds. The average Bonchev–Trinajstić information content (AvgIpc) is 3.03. The summed E-state index contributed by atoms with van der Waals surface area (Å²) in [6.45, 7) is 6.86. The Bertz CT molecular complexity index is 712. The number of amides is 2. The number of hydrogen-bond acceptors (Lipinski definition) is 3. The lowest BCUT2D eigenvalue weighted by atomic mass is 10.1. The zero-order chi connectivity index (χ0) is 18.4. The van der Waals surface area contributed by atoms with E-state index in [4.69, 9.17) is 0 Å². The Balaban J connectivity index is 1.49. The van der Waals surface area contributed by atoms with Gasteiger partial charge in [-0.15, -0.1) is 0 Å². The fourth-order valence-corrected chi connectivity index (χ4v) is 3.38. The Morgan fingerprint density at radius 1 is 1.27 bits per heavy atom. The van der Waals surface area contributed by atoms with Crippen molar-refractivity contribution in [2.45, 2.75) is 39.4 Å². The largest absolute Gasteiger partial charge is 0.338 e. The van der Waals surface area contributed by atoms with Gasteiger partial charge in [0.2, 0.25) is 0 Å². The van der Waals surface area contributed by atoms with E-state index in [-0.39, 0.29) is 6.03 Å². The summed E-state index contributed by atoms with van der Waals surface area (Å²) in [7, 11) is 2.12. The minimum absolute atomic E-state index is 0.0121. The SMILES string of the molecule is CCCN(C)Cc1cc2n(n1)CCN(C(=O)NCCc1ccccc1)C2. The molecule has 1 aromatic carbocycles. The number of nitrogens with zero attached hydrogens (tertiary/aromatic N) is 4. The Morgan fingerprint density at radius 3 is 2.85 bits per heavy atom. The summed E-state index contributed by atoms with van der Waals surface area (Å²) in [5.74, 6) is 0. The van der Waals surface area contributed by atoms with Crippen LogP contribution in [0, 0.1) is 0 Å².